The van der Waals surface area contributed by atoms with Crippen LogP contribution in [0.15, 0.2) is 44.9 Å². The Morgan fingerprint density at radius 2 is 2.16 bits per heavy atom. The van der Waals surface area contributed by atoms with Crippen molar-refractivity contribution in [3.63, 3.8) is 0 Å². The highest BCUT2D eigenvalue weighted by Gasteiger charge is 2.12. The van der Waals surface area contributed by atoms with Gasteiger partial charge >= 0.3 is 5.97 Å². The second-order valence-corrected chi connectivity index (χ2v) is 5.80. The summed E-state index contributed by atoms with van der Waals surface area (Å²) in [4.78, 5) is 15.7. The molecule has 0 atom stereocenters. The number of aryl methyl sites for hydroxylation is 1. The summed E-state index contributed by atoms with van der Waals surface area (Å²) in [7, 11) is 0. The second kappa shape index (κ2) is 5.71. The predicted octanol–water partition coefficient (Wildman–Crippen LogP) is 4.14. The van der Waals surface area contributed by atoms with Crippen molar-refractivity contribution < 1.29 is 14.3 Å². The van der Waals surface area contributed by atoms with E-state index in [4.69, 9.17) is 5.11 Å². The molecule has 6 heteroatoms. The van der Waals surface area contributed by atoms with Crippen LogP contribution in [-0.2, 0) is 0 Å². The highest BCUT2D eigenvalue weighted by molar-refractivity contribution is 9.10. The molecule has 1 aromatic heterocycles. The molecule has 0 saturated heterocycles. The number of pyridine rings is 1. The number of hydrogen-bond acceptors (Lipinski definition) is 3. The summed E-state index contributed by atoms with van der Waals surface area (Å²) >= 11 is 4.62. The van der Waals surface area contributed by atoms with Crippen LogP contribution in [0.3, 0.4) is 0 Å². The Morgan fingerprint density at radius 3 is 2.79 bits per heavy atom. The maximum Gasteiger partial charge on any atom is 0.338 e. The zero-order valence-corrected chi connectivity index (χ0v) is 12.3. The molecular weight excluding hydrogens is 333 g/mol. The van der Waals surface area contributed by atoms with Crippen molar-refractivity contribution in [2.24, 2.45) is 0 Å². The number of benzene rings is 1. The first kappa shape index (κ1) is 14.0. The highest BCUT2D eigenvalue weighted by Crippen LogP contribution is 2.30. The minimum absolute atomic E-state index is 0.334. The molecule has 0 unspecified atom stereocenters. The molecular formula is C13H9BrFNO2S. The smallest absolute Gasteiger partial charge is 0.338 e. The molecule has 1 N–H and O–H groups in total. The molecule has 2 rings (SSSR count). The Labute approximate surface area is 122 Å². The number of halogens is 2. The van der Waals surface area contributed by atoms with Gasteiger partial charge in [-0.25, -0.2) is 14.2 Å². The van der Waals surface area contributed by atoms with Crippen molar-refractivity contribution in [1.82, 2.24) is 4.98 Å². The molecule has 0 aliphatic heterocycles. The van der Waals surface area contributed by atoms with Gasteiger partial charge in [0, 0.05) is 15.6 Å². The van der Waals surface area contributed by atoms with Gasteiger partial charge in [0.05, 0.1) is 5.56 Å². The summed E-state index contributed by atoms with van der Waals surface area (Å²) in [5.74, 6) is -2.02. The van der Waals surface area contributed by atoms with Crippen molar-refractivity contribution in [1.29, 1.82) is 0 Å². The molecule has 98 valence electrons. The van der Waals surface area contributed by atoms with Crippen LogP contribution < -0.4 is 0 Å². The fraction of sp³-hybridized carbons (Fsp3) is 0.0769. The molecule has 0 spiro atoms. The van der Waals surface area contributed by atoms with Crippen molar-refractivity contribution in [3.05, 3.63) is 51.9 Å². The molecule has 0 saturated carbocycles. The van der Waals surface area contributed by atoms with Crippen molar-refractivity contribution in [3.8, 4) is 0 Å². The van der Waals surface area contributed by atoms with E-state index in [2.05, 4.69) is 20.9 Å². The normalized spacial score (nSPS) is 10.5. The number of nitrogens with zero attached hydrogens (tertiary/aromatic N) is 1. The van der Waals surface area contributed by atoms with Crippen LogP contribution in [0.2, 0.25) is 0 Å². The van der Waals surface area contributed by atoms with E-state index in [1.807, 2.05) is 13.0 Å². The first-order valence-corrected chi connectivity index (χ1v) is 6.91. The van der Waals surface area contributed by atoms with Crippen LogP contribution >= 0.6 is 27.7 Å². The standard InChI is InChI=1S/C13H9BrFNO2S/c1-7-4-8(14)6-16-12(7)19-9-2-3-11(15)10(5-9)13(17)18/h2-6H,1H3,(H,17,18). The molecule has 0 aliphatic rings. The molecule has 0 amide bonds. The van der Waals surface area contributed by atoms with E-state index in [-0.39, 0.29) is 5.56 Å². The Morgan fingerprint density at radius 1 is 1.42 bits per heavy atom. The number of aromatic carboxylic acids is 1. The SMILES string of the molecule is Cc1cc(Br)cnc1Sc1ccc(F)c(C(=O)O)c1. The van der Waals surface area contributed by atoms with Gasteiger partial charge in [0.25, 0.3) is 0 Å². The highest BCUT2D eigenvalue weighted by atomic mass is 79.9. The number of aromatic nitrogens is 1. The van der Waals surface area contributed by atoms with Gasteiger partial charge in [-0.2, -0.15) is 0 Å². The van der Waals surface area contributed by atoms with Gasteiger partial charge in [0.1, 0.15) is 10.8 Å². The van der Waals surface area contributed by atoms with Crippen LogP contribution in [0, 0.1) is 12.7 Å². The number of carbonyl (C=O) groups is 1. The Kier molecular flexibility index (Phi) is 4.21. The van der Waals surface area contributed by atoms with Crippen LogP contribution in [0.4, 0.5) is 4.39 Å². The number of carboxylic acid groups (broad SMARTS) is 1. The fourth-order valence-corrected chi connectivity index (χ4v) is 2.79. The molecule has 0 aliphatic carbocycles. The van der Waals surface area contributed by atoms with Crippen LogP contribution in [0.25, 0.3) is 0 Å². The molecule has 2 aromatic rings. The van der Waals surface area contributed by atoms with Gasteiger partial charge in [0.15, 0.2) is 0 Å². The summed E-state index contributed by atoms with van der Waals surface area (Å²) in [5.41, 5.74) is 0.625. The summed E-state index contributed by atoms with van der Waals surface area (Å²) in [6.07, 6.45) is 1.66. The third kappa shape index (κ3) is 3.33. The Bertz CT molecular complexity index is 649. The first-order chi connectivity index (χ1) is 8.97. The number of rotatable bonds is 3. The molecule has 1 aromatic carbocycles. The minimum atomic E-state index is -1.28. The van der Waals surface area contributed by atoms with Crippen LogP contribution in [0.1, 0.15) is 15.9 Å². The molecule has 0 radical (unpaired) electrons. The summed E-state index contributed by atoms with van der Waals surface area (Å²) in [5, 5.41) is 9.63. The van der Waals surface area contributed by atoms with Crippen molar-refractivity contribution in [2.75, 3.05) is 0 Å². The molecule has 3 nitrogen and oxygen atoms in total. The van der Waals surface area contributed by atoms with Crippen molar-refractivity contribution in [2.45, 2.75) is 16.8 Å². The maximum atomic E-state index is 13.3. The quantitative estimate of drug-likeness (QED) is 0.911. The van der Waals surface area contributed by atoms with Gasteiger partial charge in [0.2, 0.25) is 0 Å². The van der Waals surface area contributed by atoms with Gasteiger partial charge in [-0.05, 0) is 52.7 Å². The lowest BCUT2D eigenvalue weighted by Gasteiger charge is -2.06. The largest absolute Gasteiger partial charge is 0.478 e. The monoisotopic (exact) mass is 341 g/mol. The van der Waals surface area contributed by atoms with E-state index in [0.29, 0.717) is 4.90 Å². The van der Waals surface area contributed by atoms with Crippen molar-refractivity contribution >= 4 is 33.7 Å². The van der Waals surface area contributed by atoms with E-state index in [9.17, 15) is 9.18 Å². The zero-order chi connectivity index (χ0) is 14.0. The van der Waals surface area contributed by atoms with E-state index >= 15 is 0 Å². The second-order valence-electron chi connectivity index (χ2n) is 3.82. The van der Waals surface area contributed by atoms with E-state index in [0.717, 1.165) is 21.1 Å². The average molecular weight is 342 g/mol. The lowest BCUT2D eigenvalue weighted by molar-refractivity contribution is 0.0691. The fourth-order valence-electron chi connectivity index (χ4n) is 1.48. The Balaban J connectivity index is 2.33. The van der Waals surface area contributed by atoms with Crippen LogP contribution in [0.5, 0.6) is 0 Å². The lowest BCUT2D eigenvalue weighted by atomic mass is 10.2. The van der Waals surface area contributed by atoms with E-state index in [1.165, 1.54) is 23.9 Å². The molecule has 19 heavy (non-hydrogen) atoms. The van der Waals surface area contributed by atoms with Gasteiger partial charge < -0.3 is 5.11 Å². The third-order valence-electron chi connectivity index (χ3n) is 2.38. The summed E-state index contributed by atoms with van der Waals surface area (Å²) in [6.45, 7) is 1.90. The minimum Gasteiger partial charge on any atom is -0.478 e. The van der Waals surface area contributed by atoms with Gasteiger partial charge in [-0.3, -0.25) is 0 Å². The summed E-state index contributed by atoms with van der Waals surface area (Å²) < 4.78 is 14.2. The zero-order valence-electron chi connectivity index (χ0n) is 9.85. The topological polar surface area (TPSA) is 50.2 Å². The molecule has 0 fully saturated rings. The summed E-state index contributed by atoms with van der Waals surface area (Å²) in [6, 6.07) is 5.91. The Hall–Kier alpha value is -1.40. The van der Waals surface area contributed by atoms with Crippen LogP contribution in [-0.4, -0.2) is 16.1 Å². The third-order valence-corrected chi connectivity index (χ3v) is 3.92. The van der Waals surface area contributed by atoms with Gasteiger partial charge in [-0.1, -0.05) is 11.8 Å². The van der Waals surface area contributed by atoms with Gasteiger partial charge in [-0.15, -0.1) is 0 Å². The lowest BCUT2D eigenvalue weighted by Crippen LogP contribution is -2.00. The maximum absolute atomic E-state index is 13.3. The molecule has 1 heterocycles. The number of hydrogen-bond donors (Lipinski definition) is 1. The number of carboxylic acids is 1. The average Bonchev–Trinajstić information content (AvgIpc) is 2.34. The van der Waals surface area contributed by atoms with E-state index in [1.54, 1.807) is 6.20 Å². The first-order valence-electron chi connectivity index (χ1n) is 5.30. The predicted molar refractivity (Wildman–Crippen MR) is 74.2 cm³/mol. The van der Waals surface area contributed by atoms with E-state index < -0.39 is 11.8 Å². The molecule has 0 bridgehead atoms.